The van der Waals surface area contributed by atoms with Crippen molar-refractivity contribution >= 4 is 17.8 Å². The monoisotopic (exact) mass is 320 g/mol. The van der Waals surface area contributed by atoms with Crippen LogP contribution in [-0.2, 0) is 6.42 Å². The topological polar surface area (TPSA) is 61.4 Å². The van der Waals surface area contributed by atoms with Crippen molar-refractivity contribution in [2.24, 2.45) is 5.92 Å². The zero-order chi connectivity index (χ0) is 15.6. The van der Waals surface area contributed by atoms with E-state index in [9.17, 15) is 9.90 Å². The molecule has 3 rings (SSSR count). The van der Waals surface area contributed by atoms with Crippen LogP contribution in [0.5, 0.6) is 0 Å². The van der Waals surface area contributed by atoms with Crippen molar-refractivity contribution in [1.82, 2.24) is 10.6 Å². The van der Waals surface area contributed by atoms with Gasteiger partial charge in [0.2, 0.25) is 0 Å². The zero-order valence-electron chi connectivity index (χ0n) is 13.0. The molecule has 0 bridgehead atoms. The molecule has 1 fully saturated rings. The maximum Gasteiger partial charge on any atom is 0.315 e. The lowest BCUT2D eigenvalue weighted by molar-refractivity contribution is 0.0697. The minimum atomic E-state index is -0.738. The van der Waals surface area contributed by atoms with E-state index < -0.39 is 5.60 Å². The van der Waals surface area contributed by atoms with Gasteiger partial charge in [-0.2, -0.15) is 11.8 Å². The van der Waals surface area contributed by atoms with Crippen molar-refractivity contribution in [3.8, 4) is 0 Å². The third-order valence-electron chi connectivity index (χ3n) is 4.78. The van der Waals surface area contributed by atoms with Crippen molar-refractivity contribution in [1.29, 1.82) is 0 Å². The van der Waals surface area contributed by atoms with E-state index in [0.717, 1.165) is 25.0 Å². The lowest BCUT2D eigenvalue weighted by atomic mass is 9.81. The Labute approximate surface area is 136 Å². The van der Waals surface area contributed by atoms with Crippen molar-refractivity contribution < 1.29 is 9.90 Å². The number of aryl methyl sites for hydroxylation is 1. The van der Waals surface area contributed by atoms with Gasteiger partial charge in [0.25, 0.3) is 0 Å². The number of nitrogens with one attached hydrogen (secondary N) is 2. The summed E-state index contributed by atoms with van der Waals surface area (Å²) < 4.78 is 0. The second kappa shape index (κ2) is 6.50. The van der Waals surface area contributed by atoms with Gasteiger partial charge in [-0.15, -0.1) is 0 Å². The molecule has 3 N–H and O–H groups in total. The van der Waals surface area contributed by atoms with Crippen LogP contribution in [-0.4, -0.2) is 34.8 Å². The molecule has 1 aromatic rings. The van der Waals surface area contributed by atoms with Crippen molar-refractivity contribution in [2.45, 2.75) is 37.8 Å². The van der Waals surface area contributed by atoms with Crippen molar-refractivity contribution in [3.05, 3.63) is 35.4 Å². The number of amides is 2. The summed E-state index contributed by atoms with van der Waals surface area (Å²) in [5.41, 5.74) is 1.82. The third kappa shape index (κ3) is 3.41. The lowest BCUT2D eigenvalue weighted by Gasteiger charge is -2.32. The van der Waals surface area contributed by atoms with E-state index >= 15 is 0 Å². The molecule has 3 atom stereocenters. The summed E-state index contributed by atoms with van der Waals surface area (Å²) in [5, 5.41) is 16.2. The predicted molar refractivity (Wildman–Crippen MR) is 90.1 cm³/mol. The number of carbonyl (C=O) groups is 1. The van der Waals surface area contributed by atoms with Gasteiger partial charge in [-0.25, -0.2) is 4.79 Å². The number of benzene rings is 1. The van der Waals surface area contributed by atoms with E-state index in [1.54, 1.807) is 11.8 Å². The first-order chi connectivity index (χ1) is 10.6. The number of hydrogen-bond donors (Lipinski definition) is 3. The Bertz CT molecular complexity index is 543. The number of thioether (sulfide) groups is 1. The van der Waals surface area contributed by atoms with Gasteiger partial charge in [-0.05, 0) is 42.1 Å². The molecule has 1 aliphatic carbocycles. The van der Waals surface area contributed by atoms with Gasteiger partial charge < -0.3 is 15.7 Å². The molecule has 2 amide bonds. The van der Waals surface area contributed by atoms with Gasteiger partial charge in [0.1, 0.15) is 0 Å². The van der Waals surface area contributed by atoms with Crippen LogP contribution >= 0.6 is 11.8 Å². The van der Waals surface area contributed by atoms with Crippen LogP contribution in [0.3, 0.4) is 0 Å². The Morgan fingerprint density at radius 1 is 1.45 bits per heavy atom. The highest BCUT2D eigenvalue weighted by Crippen LogP contribution is 2.34. The summed E-state index contributed by atoms with van der Waals surface area (Å²) in [6.07, 6.45) is 2.91. The minimum Gasteiger partial charge on any atom is -0.387 e. The van der Waals surface area contributed by atoms with Gasteiger partial charge in [0, 0.05) is 12.3 Å². The fraction of sp³-hybridized carbons (Fsp3) is 0.588. The Morgan fingerprint density at radius 3 is 3.05 bits per heavy atom. The molecule has 1 aliphatic heterocycles. The largest absolute Gasteiger partial charge is 0.387 e. The van der Waals surface area contributed by atoms with Crippen LogP contribution in [0.2, 0.25) is 0 Å². The van der Waals surface area contributed by atoms with E-state index in [2.05, 4.69) is 35.8 Å². The van der Waals surface area contributed by atoms with E-state index in [1.165, 1.54) is 11.1 Å². The SMILES string of the molecule is CC1CCc2ccccc2C1NC(=O)NCC1(O)CCSC1. The van der Waals surface area contributed by atoms with Gasteiger partial charge in [0.15, 0.2) is 0 Å². The number of aliphatic hydroxyl groups is 1. The molecule has 0 aromatic heterocycles. The average molecular weight is 320 g/mol. The summed E-state index contributed by atoms with van der Waals surface area (Å²) in [4.78, 5) is 12.2. The summed E-state index contributed by atoms with van der Waals surface area (Å²) >= 11 is 1.74. The number of fused-ring (bicyclic) bond motifs is 1. The van der Waals surface area contributed by atoms with Gasteiger partial charge >= 0.3 is 6.03 Å². The fourth-order valence-corrected chi connectivity index (χ4v) is 4.61. The summed E-state index contributed by atoms with van der Waals surface area (Å²) in [7, 11) is 0. The Morgan fingerprint density at radius 2 is 2.27 bits per heavy atom. The van der Waals surface area contributed by atoms with Crippen LogP contribution in [0.1, 0.15) is 36.9 Å². The second-order valence-corrected chi connectivity index (χ2v) is 7.65. The van der Waals surface area contributed by atoms with Crippen LogP contribution in [0.15, 0.2) is 24.3 Å². The first kappa shape index (κ1) is 15.7. The van der Waals surface area contributed by atoms with Crippen molar-refractivity contribution in [2.75, 3.05) is 18.1 Å². The van der Waals surface area contributed by atoms with E-state index in [-0.39, 0.29) is 12.1 Å². The third-order valence-corrected chi connectivity index (χ3v) is 6.01. The Balaban J connectivity index is 1.61. The van der Waals surface area contributed by atoms with Gasteiger partial charge in [0.05, 0.1) is 11.6 Å². The summed E-state index contributed by atoms with van der Waals surface area (Å²) in [5.74, 6) is 2.09. The minimum absolute atomic E-state index is 0.0533. The van der Waals surface area contributed by atoms with Crippen LogP contribution in [0.4, 0.5) is 4.79 Å². The molecule has 1 saturated heterocycles. The molecule has 120 valence electrons. The molecule has 5 heteroatoms. The molecule has 22 heavy (non-hydrogen) atoms. The first-order valence-electron chi connectivity index (χ1n) is 8.00. The molecule has 0 spiro atoms. The molecule has 0 saturated carbocycles. The number of carbonyl (C=O) groups excluding carboxylic acids is 1. The zero-order valence-corrected chi connectivity index (χ0v) is 13.8. The van der Waals surface area contributed by atoms with Crippen LogP contribution in [0.25, 0.3) is 0 Å². The highest BCUT2D eigenvalue weighted by Gasteiger charge is 2.33. The van der Waals surface area contributed by atoms with Crippen LogP contribution in [0, 0.1) is 5.92 Å². The molecular weight excluding hydrogens is 296 g/mol. The average Bonchev–Trinajstić information content (AvgIpc) is 2.95. The predicted octanol–water partition coefficient (Wildman–Crippen LogP) is 2.48. The van der Waals surface area contributed by atoms with E-state index in [4.69, 9.17) is 0 Å². The van der Waals surface area contributed by atoms with Crippen LogP contribution < -0.4 is 10.6 Å². The summed E-state index contributed by atoms with van der Waals surface area (Å²) in [6.45, 7) is 2.51. The molecule has 3 unspecified atom stereocenters. The quantitative estimate of drug-likeness (QED) is 0.802. The van der Waals surface area contributed by atoms with Crippen molar-refractivity contribution in [3.63, 3.8) is 0 Å². The number of hydrogen-bond acceptors (Lipinski definition) is 3. The molecule has 1 aromatic carbocycles. The molecule has 1 heterocycles. The highest BCUT2D eigenvalue weighted by molar-refractivity contribution is 7.99. The Hall–Kier alpha value is -1.20. The lowest BCUT2D eigenvalue weighted by Crippen LogP contribution is -2.48. The molecule has 2 aliphatic rings. The van der Waals surface area contributed by atoms with E-state index in [0.29, 0.717) is 18.2 Å². The first-order valence-corrected chi connectivity index (χ1v) is 9.15. The fourth-order valence-electron chi connectivity index (χ4n) is 3.31. The normalized spacial score (nSPS) is 30.6. The molecular formula is C17H24N2O2S. The van der Waals surface area contributed by atoms with E-state index in [1.807, 2.05) is 6.07 Å². The Kier molecular flexibility index (Phi) is 4.64. The number of urea groups is 1. The molecule has 0 radical (unpaired) electrons. The van der Waals surface area contributed by atoms with Gasteiger partial charge in [-0.3, -0.25) is 0 Å². The molecule has 4 nitrogen and oxygen atoms in total. The maximum absolute atomic E-state index is 12.2. The maximum atomic E-state index is 12.2. The standard InChI is InChI=1S/C17H24N2O2S/c1-12-6-7-13-4-2-3-5-14(13)15(12)19-16(20)18-10-17(21)8-9-22-11-17/h2-5,12,15,21H,6-11H2,1H3,(H2,18,19,20). The summed E-state index contributed by atoms with van der Waals surface area (Å²) in [6, 6.07) is 8.21. The van der Waals surface area contributed by atoms with Gasteiger partial charge in [-0.1, -0.05) is 31.2 Å². The second-order valence-electron chi connectivity index (χ2n) is 6.55. The smallest absolute Gasteiger partial charge is 0.315 e. The number of rotatable bonds is 3. The highest BCUT2D eigenvalue weighted by atomic mass is 32.2.